The fourth-order valence-corrected chi connectivity index (χ4v) is 2.94. The van der Waals surface area contributed by atoms with E-state index in [1.54, 1.807) is 26.0 Å². The average Bonchev–Trinajstić information content (AvgIpc) is 2.88. The summed E-state index contributed by atoms with van der Waals surface area (Å²) < 4.78 is 28.5. The van der Waals surface area contributed by atoms with E-state index in [1.807, 2.05) is 6.92 Å². The zero-order valence-corrected chi connectivity index (χ0v) is 13.5. The van der Waals surface area contributed by atoms with E-state index in [0.717, 1.165) is 0 Å². The quantitative estimate of drug-likeness (QED) is 0.914. The Labute approximate surface area is 129 Å². The number of hydrogen-bond donors (Lipinski definition) is 1. The summed E-state index contributed by atoms with van der Waals surface area (Å²) in [6.07, 6.45) is 0.591. The number of amides is 1. The Kier molecular flexibility index (Phi) is 4.65. The first-order valence-electron chi connectivity index (χ1n) is 6.98. The minimum atomic E-state index is -3.24. The molecule has 1 amide bonds. The number of aryl methyl sites for hydroxylation is 2. The number of rotatable bonds is 5. The SMILES string of the molecule is CCc1noc(C)c1C(=O)Nc1ccc(S(=O)(=O)CC)cc1. The molecular weight excluding hydrogens is 304 g/mol. The Morgan fingerprint density at radius 2 is 1.86 bits per heavy atom. The van der Waals surface area contributed by atoms with Crippen molar-refractivity contribution >= 4 is 21.4 Å². The maximum atomic E-state index is 12.3. The van der Waals surface area contributed by atoms with Crippen LogP contribution in [0.2, 0.25) is 0 Å². The highest BCUT2D eigenvalue weighted by atomic mass is 32.2. The van der Waals surface area contributed by atoms with Gasteiger partial charge in [-0.2, -0.15) is 0 Å². The zero-order valence-electron chi connectivity index (χ0n) is 12.7. The molecule has 1 aromatic heterocycles. The summed E-state index contributed by atoms with van der Waals surface area (Å²) in [6, 6.07) is 6.09. The van der Waals surface area contributed by atoms with Gasteiger partial charge in [0.1, 0.15) is 11.3 Å². The van der Waals surface area contributed by atoms with Crippen molar-refractivity contribution in [2.75, 3.05) is 11.1 Å². The van der Waals surface area contributed by atoms with Crippen LogP contribution in [0.1, 0.15) is 35.7 Å². The van der Waals surface area contributed by atoms with Gasteiger partial charge >= 0.3 is 0 Å². The second kappa shape index (κ2) is 6.31. The monoisotopic (exact) mass is 322 g/mol. The number of carbonyl (C=O) groups excluding carboxylic acids is 1. The highest BCUT2D eigenvalue weighted by molar-refractivity contribution is 7.91. The van der Waals surface area contributed by atoms with Crippen LogP contribution in [0.5, 0.6) is 0 Å². The lowest BCUT2D eigenvalue weighted by molar-refractivity contribution is 0.102. The first-order chi connectivity index (χ1) is 10.4. The van der Waals surface area contributed by atoms with Crippen LogP contribution >= 0.6 is 0 Å². The van der Waals surface area contributed by atoms with Crippen LogP contribution < -0.4 is 5.32 Å². The smallest absolute Gasteiger partial charge is 0.261 e. The Balaban J connectivity index is 2.21. The number of sulfone groups is 1. The van der Waals surface area contributed by atoms with Crippen LogP contribution in [0.3, 0.4) is 0 Å². The molecule has 0 aliphatic rings. The molecule has 0 fully saturated rings. The normalized spacial score (nSPS) is 11.4. The number of hydrogen-bond acceptors (Lipinski definition) is 5. The van der Waals surface area contributed by atoms with Gasteiger partial charge in [-0.15, -0.1) is 0 Å². The fraction of sp³-hybridized carbons (Fsp3) is 0.333. The highest BCUT2D eigenvalue weighted by Gasteiger charge is 2.19. The number of aromatic nitrogens is 1. The van der Waals surface area contributed by atoms with Gasteiger partial charge in [0.2, 0.25) is 0 Å². The maximum absolute atomic E-state index is 12.3. The summed E-state index contributed by atoms with van der Waals surface area (Å²) in [7, 11) is -3.24. The third-order valence-corrected chi connectivity index (χ3v) is 5.10. The van der Waals surface area contributed by atoms with Gasteiger partial charge in [-0.25, -0.2) is 8.42 Å². The van der Waals surface area contributed by atoms with Crippen molar-refractivity contribution in [2.24, 2.45) is 0 Å². The summed E-state index contributed by atoms with van der Waals surface area (Å²) in [5.41, 5.74) is 1.54. The molecular formula is C15H18N2O4S. The van der Waals surface area contributed by atoms with Gasteiger partial charge in [-0.1, -0.05) is 19.0 Å². The predicted octanol–water partition coefficient (Wildman–Crippen LogP) is 2.59. The zero-order chi connectivity index (χ0) is 16.3. The van der Waals surface area contributed by atoms with E-state index < -0.39 is 9.84 Å². The van der Waals surface area contributed by atoms with Crippen LogP contribution in [-0.2, 0) is 16.3 Å². The largest absolute Gasteiger partial charge is 0.361 e. The third kappa shape index (κ3) is 3.19. The lowest BCUT2D eigenvalue weighted by Crippen LogP contribution is -2.14. The molecule has 0 aliphatic heterocycles. The van der Waals surface area contributed by atoms with Crippen LogP contribution in [0.25, 0.3) is 0 Å². The molecule has 0 unspecified atom stereocenters. The lowest BCUT2D eigenvalue weighted by Gasteiger charge is -2.06. The van der Waals surface area contributed by atoms with Gasteiger partial charge in [0, 0.05) is 5.69 Å². The van der Waals surface area contributed by atoms with Gasteiger partial charge in [-0.05, 0) is 37.6 Å². The van der Waals surface area contributed by atoms with Crippen molar-refractivity contribution in [3.8, 4) is 0 Å². The van der Waals surface area contributed by atoms with Crippen LogP contribution in [-0.4, -0.2) is 25.2 Å². The maximum Gasteiger partial charge on any atom is 0.261 e. The standard InChI is InChI=1S/C15H18N2O4S/c1-4-13-14(10(3)21-17-13)15(18)16-11-6-8-12(9-7-11)22(19,20)5-2/h6-9H,4-5H2,1-3H3,(H,16,18). The van der Waals surface area contributed by atoms with E-state index in [1.165, 1.54) is 12.1 Å². The summed E-state index contributed by atoms with van der Waals surface area (Å²) >= 11 is 0. The topological polar surface area (TPSA) is 89.3 Å². The van der Waals surface area contributed by atoms with Gasteiger partial charge in [-0.3, -0.25) is 4.79 Å². The first-order valence-corrected chi connectivity index (χ1v) is 8.63. The molecule has 1 N–H and O–H groups in total. The minimum absolute atomic E-state index is 0.0401. The molecule has 6 nitrogen and oxygen atoms in total. The number of carbonyl (C=O) groups is 1. The molecule has 0 atom stereocenters. The molecule has 2 aromatic rings. The number of nitrogens with zero attached hydrogens (tertiary/aromatic N) is 1. The molecule has 0 aliphatic carbocycles. The molecule has 22 heavy (non-hydrogen) atoms. The Bertz CT molecular complexity index is 776. The fourth-order valence-electron chi connectivity index (χ4n) is 2.06. The predicted molar refractivity (Wildman–Crippen MR) is 82.7 cm³/mol. The summed E-state index contributed by atoms with van der Waals surface area (Å²) in [5, 5.41) is 6.56. The molecule has 2 rings (SSSR count). The molecule has 0 saturated carbocycles. The van der Waals surface area contributed by atoms with Gasteiger partial charge in [0.15, 0.2) is 9.84 Å². The average molecular weight is 322 g/mol. The molecule has 1 aromatic carbocycles. The second-order valence-corrected chi connectivity index (χ2v) is 7.07. The van der Waals surface area contributed by atoms with Gasteiger partial charge in [0.25, 0.3) is 5.91 Å². The van der Waals surface area contributed by atoms with E-state index in [2.05, 4.69) is 10.5 Å². The van der Waals surface area contributed by atoms with Crippen molar-refractivity contribution in [3.63, 3.8) is 0 Å². The molecule has 0 bridgehead atoms. The molecule has 118 valence electrons. The van der Waals surface area contributed by atoms with Gasteiger partial charge in [0.05, 0.1) is 16.3 Å². The van der Waals surface area contributed by atoms with Crippen LogP contribution in [0, 0.1) is 6.92 Å². The summed E-state index contributed by atoms with van der Waals surface area (Å²) in [4.78, 5) is 12.5. The molecule has 7 heteroatoms. The second-order valence-electron chi connectivity index (χ2n) is 4.80. The third-order valence-electron chi connectivity index (χ3n) is 3.35. The van der Waals surface area contributed by atoms with E-state index in [4.69, 9.17) is 4.52 Å². The Morgan fingerprint density at radius 1 is 1.23 bits per heavy atom. The summed E-state index contributed by atoms with van der Waals surface area (Å²) in [5.74, 6) is 0.180. The van der Waals surface area contributed by atoms with Crippen molar-refractivity contribution in [2.45, 2.75) is 32.1 Å². The Morgan fingerprint density at radius 3 is 2.41 bits per heavy atom. The molecule has 0 saturated heterocycles. The van der Waals surface area contributed by atoms with Crippen molar-refractivity contribution in [3.05, 3.63) is 41.3 Å². The van der Waals surface area contributed by atoms with Crippen molar-refractivity contribution < 1.29 is 17.7 Å². The first kappa shape index (κ1) is 16.2. The highest BCUT2D eigenvalue weighted by Crippen LogP contribution is 2.19. The van der Waals surface area contributed by atoms with Crippen molar-refractivity contribution in [1.82, 2.24) is 5.16 Å². The van der Waals surface area contributed by atoms with E-state index in [0.29, 0.717) is 29.1 Å². The molecule has 0 radical (unpaired) electrons. The van der Waals surface area contributed by atoms with Crippen LogP contribution in [0.4, 0.5) is 5.69 Å². The molecule has 0 spiro atoms. The number of anilines is 1. The minimum Gasteiger partial charge on any atom is -0.361 e. The molecule has 1 heterocycles. The number of nitrogens with one attached hydrogen (secondary N) is 1. The van der Waals surface area contributed by atoms with E-state index in [9.17, 15) is 13.2 Å². The van der Waals surface area contributed by atoms with Crippen LogP contribution in [0.15, 0.2) is 33.7 Å². The lowest BCUT2D eigenvalue weighted by atomic mass is 10.1. The van der Waals surface area contributed by atoms with E-state index >= 15 is 0 Å². The Hall–Kier alpha value is -2.15. The summed E-state index contributed by atoms with van der Waals surface area (Å²) in [6.45, 7) is 5.16. The van der Waals surface area contributed by atoms with Gasteiger partial charge < -0.3 is 9.84 Å². The number of benzene rings is 1. The van der Waals surface area contributed by atoms with E-state index in [-0.39, 0.29) is 16.6 Å². The van der Waals surface area contributed by atoms with Crippen molar-refractivity contribution in [1.29, 1.82) is 0 Å².